The van der Waals surface area contributed by atoms with Crippen molar-refractivity contribution in [3.63, 3.8) is 0 Å². The Morgan fingerprint density at radius 1 is 1.42 bits per heavy atom. The fourth-order valence-electron chi connectivity index (χ4n) is 2.20. The highest BCUT2D eigenvalue weighted by Crippen LogP contribution is 2.27. The Morgan fingerprint density at radius 3 is 2.63 bits per heavy atom. The van der Waals surface area contributed by atoms with Gasteiger partial charge < -0.3 is 5.11 Å². The molecule has 1 N–H and O–H groups in total. The van der Waals surface area contributed by atoms with E-state index in [9.17, 15) is 5.11 Å². The van der Waals surface area contributed by atoms with E-state index >= 15 is 0 Å². The molecule has 0 aliphatic heterocycles. The number of aryl methyl sites for hydroxylation is 3. The summed E-state index contributed by atoms with van der Waals surface area (Å²) in [6.45, 7) is 6.56. The van der Waals surface area contributed by atoms with Crippen LogP contribution in [0.2, 0.25) is 5.02 Å². The molecule has 0 aromatic carbocycles. The zero-order chi connectivity index (χ0) is 14.2. The molecule has 0 saturated carbocycles. The highest BCUT2D eigenvalue weighted by Gasteiger charge is 2.20. The summed E-state index contributed by atoms with van der Waals surface area (Å²) in [6, 6.07) is 0. The second-order valence-electron chi connectivity index (χ2n) is 4.69. The number of aliphatic hydroxyl groups excluding tert-OH is 1. The predicted octanol–water partition coefficient (Wildman–Crippen LogP) is 2.18. The van der Waals surface area contributed by atoms with Crippen LogP contribution in [0.3, 0.4) is 0 Å². The van der Waals surface area contributed by atoms with Gasteiger partial charge in [-0.3, -0.25) is 9.36 Å². The zero-order valence-electron chi connectivity index (χ0n) is 11.7. The van der Waals surface area contributed by atoms with Gasteiger partial charge in [-0.1, -0.05) is 11.6 Å². The van der Waals surface area contributed by atoms with Crippen molar-refractivity contribution in [3.8, 4) is 0 Å². The van der Waals surface area contributed by atoms with Crippen LogP contribution < -0.4 is 0 Å². The lowest BCUT2D eigenvalue weighted by molar-refractivity contribution is 0.174. The minimum absolute atomic E-state index is 0.444. The van der Waals surface area contributed by atoms with Gasteiger partial charge in [-0.15, -0.1) is 0 Å². The van der Waals surface area contributed by atoms with Crippen LogP contribution in [0.25, 0.3) is 0 Å². The maximum atomic E-state index is 10.4. The molecule has 0 aliphatic carbocycles. The van der Waals surface area contributed by atoms with E-state index in [1.54, 1.807) is 10.9 Å². The summed E-state index contributed by atoms with van der Waals surface area (Å²) in [5.41, 5.74) is 3.47. The Bertz CT molecular complexity index is 588. The van der Waals surface area contributed by atoms with E-state index in [4.69, 9.17) is 11.6 Å². The molecule has 0 spiro atoms. The van der Waals surface area contributed by atoms with Crippen molar-refractivity contribution in [2.45, 2.75) is 39.8 Å². The summed E-state index contributed by atoms with van der Waals surface area (Å²) in [6.07, 6.45) is 1.53. The Hall–Kier alpha value is -1.33. The Kier molecular flexibility index (Phi) is 3.96. The smallest absolute Gasteiger partial charge is 0.0878 e. The molecule has 0 fully saturated rings. The third-order valence-corrected chi connectivity index (χ3v) is 3.96. The molecule has 2 aromatic heterocycles. The monoisotopic (exact) mass is 282 g/mol. The lowest BCUT2D eigenvalue weighted by Crippen LogP contribution is -2.09. The molecule has 6 heteroatoms. The molecule has 1 atom stereocenters. The number of aliphatic hydroxyl groups is 1. The topological polar surface area (TPSA) is 55.9 Å². The molecule has 19 heavy (non-hydrogen) atoms. The normalized spacial score (nSPS) is 12.9. The molecular formula is C13H19ClN4O. The van der Waals surface area contributed by atoms with Gasteiger partial charge in [0.05, 0.1) is 28.7 Å². The van der Waals surface area contributed by atoms with Crippen molar-refractivity contribution < 1.29 is 5.11 Å². The number of nitrogens with zero attached hydrogens (tertiary/aromatic N) is 4. The minimum atomic E-state index is -0.618. The van der Waals surface area contributed by atoms with E-state index in [1.807, 2.05) is 32.5 Å². The van der Waals surface area contributed by atoms with Crippen LogP contribution in [0.1, 0.15) is 35.7 Å². The van der Waals surface area contributed by atoms with E-state index in [0.29, 0.717) is 11.4 Å². The van der Waals surface area contributed by atoms with Crippen LogP contribution in [0.5, 0.6) is 0 Å². The first-order chi connectivity index (χ1) is 8.95. The van der Waals surface area contributed by atoms with Gasteiger partial charge >= 0.3 is 0 Å². The molecule has 1 unspecified atom stereocenters. The van der Waals surface area contributed by atoms with Gasteiger partial charge in [0.25, 0.3) is 0 Å². The number of hydrogen-bond acceptors (Lipinski definition) is 3. The average molecular weight is 283 g/mol. The van der Waals surface area contributed by atoms with Crippen molar-refractivity contribution in [3.05, 3.63) is 33.9 Å². The van der Waals surface area contributed by atoms with Gasteiger partial charge in [0.2, 0.25) is 0 Å². The molecule has 5 nitrogen and oxygen atoms in total. The molecule has 0 amide bonds. The summed E-state index contributed by atoms with van der Waals surface area (Å²) < 4.78 is 3.59. The van der Waals surface area contributed by atoms with E-state index in [2.05, 4.69) is 10.2 Å². The van der Waals surface area contributed by atoms with Crippen LogP contribution in [0.15, 0.2) is 6.20 Å². The SMILES string of the molecule is CCn1nc(C)c(Cl)c1CC(O)c1cnn(C)c1C. The largest absolute Gasteiger partial charge is 0.388 e. The van der Waals surface area contributed by atoms with E-state index in [1.165, 1.54) is 0 Å². The maximum Gasteiger partial charge on any atom is 0.0878 e. The lowest BCUT2D eigenvalue weighted by Gasteiger charge is -2.12. The third kappa shape index (κ3) is 2.53. The first-order valence-electron chi connectivity index (χ1n) is 6.34. The quantitative estimate of drug-likeness (QED) is 0.935. The minimum Gasteiger partial charge on any atom is -0.388 e. The summed E-state index contributed by atoms with van der Waals surface area (Å²) in [4.78, 5) is 0. The molecule has 2 aromatic rings. The molecular weight excluding hydrogens is 264 g/mol. The summed E-state index contributed by atoms with van der Waals surface area (Å²) in [7, 11) is 1.86. The number of rotatable bonds is 4. The van der Waals surface area contributed by atoms with Crippen molar-refractivity contribution in [1.82, 2.24) is 19.6 Å². The second kappa shape index (κ2) is 5.35. The van der Waals surface area contributed by atoms with Gasteiger partial charge in [-0.25, -0.2) is 0 Å². The summed E-state index contributed by atoms with van der Waals surface area (Å²) in [5, 5.41) is 19.5. The van der Waals surface area contributed by atoms with Gasteiger partial charge in [-0.2, -0.15) is 10.2 Å². The average Bonchev–Trinajstić information content (AvgIpc) is 2.84. The fourth-order valence-corrected chi connectivity index (χ4v) is 2.41. The van der Waals surface area contributed by atoms with Gasteiger partial charge in [0, 0.05) is 31.3 Å². The van der Waals surface area contributed by atoms with Crippen molar-refractivity contribution in [2.75, 3.05) is 0 Å². The first-order valence-corrected chi connectivity index (χ1v) is 6.71. The molecule has 0 saturated heterocycles. The molecule has 0 radical (unpaired) electrons. The van der Waals surface area contributed by atoms with Crippen LogP contribution in [0, 0.1) is 13.8 Å². The van der Waals surface area contributed by atoms with E-state index in [0.717, 1.165) is 29.2 Å². The highest BCUT2D eigenvalue weighted by molar-refractivity contribution is 6.31. The standard InChI is InChI=1S/C13H19ClN4O/c1-5-18-11(13(14)8(2)16-18)6-12(19)10-7-15-17(4)9(10)3/h7,12,19H,5-6H2,1-4H3. The van der Waals surface area contributed by atoms with Crippen molar-refractivity contribution in [1.29, 1.82) is 0 Å². The number of halogens is 1. The van der Waals surface area contributed by atoms with Crippen LogP contribution in [-0.4, -0.2) is 24.7 Å². The van der Waals surface area contributed by atoms with Gasteiger partial charge in [0.1, 0.15) is 0 Å². The van der Waals surface area contributed by atoms with Gasteiger partial charge in [-0.05, 0) is 20.8 Å². The van der Waals surface area contributed by atoms with Gasteiger partial charge in [0.15, 0.2) is 0 Å². The highest BCUT2D eigenvalue weighted by atomic mass is 35.5. The Balaban J connectivity index is 2.28. The Morgan fingerprint density at radius 2 is 2.11 bits per heavy atom. The first kappa shape index (κ1) is 14.1. The van der Waals surface area contributed by atoms with Crippen LogP contribution in [-0.2, 0) is 20.0 Å². The van der Waals surface area contributed by atoms with E-state index in [-0.39, 0.29) is 0 Å². The molecule has 2 heterocycles. The van der Waals surface area contributed by atoms with Crippen LogP contribution in [0.4, 0.5) is 0 Å². The fraction of sp³-hybridized carbons (Fsp3) is 0.538. The zero-order valence-corrected chi connectivity index (χ0v) is 12.4. The predicted molar refractivity (Wildman–Crippen MR) is 74.3 cm³/mol. The molecule has 0 bridgehead atoms. The summed E-state index contributed by atoms with van der Waals surface area (Å²) in [5.74, 6) is 0. The molecule has 0 aliphatic rings. The second-order valence-corrected chi connectivity index (χ2v) is 5.07. The van der Waals surface area contributed by atoms with Crippen LogP contribution >= 0.6 is 11.6 Å². The number of aromatic nitrogens is 4. The Labute approximate surface area is 117 Å². The third-order valence-electron chi connectivity index (χ3n) is 3.47. The van der Waals surface area contributed by atoms with Crippen molar-refractivity contribution in [2.24, 2.45) is 7.05 Å². The lowest BCUT2D eigenvalue weighted by atomic mass is 10.1. The molecule has 2 rings (SSSR count). The maximum absolute atomic E-state index is 10.4. The van der Waals surface area contributed by atoms with Crippen molar-refractivity contribution >= 4 is 11.6 Å². The molecule has 104 valence electrons. The number of hydrogen-bond donors (Lipinski definition) is 1. The summed E-state index contributed by atoms with van der Waals surface area (Å²) >= 11 is 6.25. The van der Waals surface area contributed by atoms with E-state index < -0.39 is 6.10 Å².